The van der Waals surface area contributed by atoms with Gasteiger partial charge in [-0.3, -0.25) is 0 Å². The van der Waals surface area contributed by atoms with Gasteiger partial charge in [-0.1, -0.05) is 12.5 Å². The van der Waals surface area contributed by atoms with Gasteiger partial charge in [0.25, 0.3) is 0 Å². The van der Waals surface area contributed by atoms with Gasteiger partial charge in [0.05, 0.1) is 6.61 Å². The molecule has 1 saturated carbocycles. The summed E-state index contributed by atoms with van der Waals surface area (Å²) in [6.07, 6.45) is 9.04. The van der Waals surface area contributed by atoms with Gasteiger partial charge in [-0.05, 0) is 74.8 Å². The molecule has 2 atom stereocenters. The fourth-order valence-corrected chi connectivity index (χ4v) is 3.73. The van der Waals surface area contributed by atoms with Crippen molar-refractivity contribution in [3.05, 3.63) is 29.3 Å². The summed E-state index contributed by atoms with van der Waals surface area (Å²) >= 11 is 0. The molecule has 2 aliphatic carbocycles. The number of fused-ring (bicyclic) bond motifs is 1. The number of hydrogen-bond acceptors (Lipinski definition) is 2. The third-order valence-electron chi connectivity index (χ3n) is 4.86. The summed E-state index contributed by atoms with van der Waals surface area (Å²) in [5.74, 6) is 1.87. The Morgan fingerprint density at radius 1 is 1.16 bits per heavy atom. The maximum atomic E-state index is 5.96. The number of aryl methyl sites for hydroxylation is 2. The zero-order valence-corrected chi connectivity index (χ0v) is 12.0. The van der Waals surface area contributed by atoms with Gasteiger partial charge in [-0.25, -0.2) is 0 Å². The summed E-state index contributed by atoms with van der Waals surface area (Å²) in [6, 6.07) is 7.37. The van der Waals surface area contributed by atoms with Crippen molar-refractivity contribution in [2.24, 2.45) is 5.92 Å². The fourth-order valence-electron chi connectivity index (χ4n) is 3.73. The normalized spacial score (nSPS) is 25.5. The number of ether oxygens (including phenoxy) is 1. The molecule has 3 rings (SSSR count). The van der Waals surface area contributed by atoms with Gasteiger partial charge >= 0.3 is 0 Å². The monoisotopic (exact) mass is 259 g/mol. The molecule has 19 heavy (non-hydrogen) atoms. The van der Waals surface area contributed by atoms with Crippen LogP contribution in [-0.4, -0.2) is 19.7 Å². The van der Waals surface area contributed by atoms with Gasteiger partial charge in [0.1, 0.15) is 5.75 Å². The van der Waals surface area contributed by atoms with Gasteiger partial charge in [-0.15, -0.1) is 0 Å². The Hall–Kier alpha value is -1.02. The summed E-state index contributed by atoms with van der Waals surface area (Å²) in [5, 5.41) is 3.44. The van der Waals surface area contributed by atoms with E-state index in [-0.39, 0.29) is 0 Å². The number of hydrogen-bond donors (Lipinski definition) is 1. The Kier molecular flexibility index (Phi) is 4.07. The Labute approximate surface area is 116 Å². The SMILES string of the molecule is CNC1CCCC1CCOc1ccc2c(c1)CCC2. The zero-order valence-electron chi connectivity index (χ0n) is 12.0. The van der Waals surface area contributed by atoms with E-state index in [0.717, 1.165) is 18.3 Å². The van der Waals surface area contributed by atoms with Gasteiger partial charge in [-0.2, -0.15) is 0 Å². The van der Waals surface area contributed by atoms with Crippen molar-refractivity contribution >= 4 is 0 Å². The van der Waals surface area contributed by atoms with Crippen molar-refractivity contribution in [3.8, 4) is 5.75 Å². The average Bonchev–Trinajstić information content (AvgIpc) is 3.06. The van der Waals surface area contributed by atoms with Crippen molar-refractivity contribution in [2.45, 2.75) is 51.0 Å². The first kappa shape index (κ1) is 13.0. The van der Waals surface area contributed by atoms with E-state index in [1.54, 1.807) is 0 Å². The van der Waals surface area contributed by atoms with E-state index >= 15 is 0 Å². The van der Waals surface area contributed by atoms with Gasteiger partial charge in [0, 0.05) is 6.04 Å². The first-order valence-corrected chi connectivity index (χ1v) is 7.78. The summed E-state index contributed by atoms with van der Waals surface area (Å²) in [7, 11) is 2.09. The van der Waals surface area contributed by atoms with Crippen LogP contribution in [0.15, 0.2) is 18.2 Å². The van der Waals surface area contributed by atoms with Gasteiger partial charge in [0.2, 0.25) is 0 Å². The van der Waals surface area contributed by atoms with E-state index in [1.165, 1.54) is 56.1 Å². The highest BCUT2D eigenvalue weighted by molar-refractivity contribution is 5.38. The zero-order chi connectivity index (χ0) is 13.1. The van der Waals surface area contributed by atoms with Gasteiger partial charge in [0.15, 0.2) is 0 Å². The molecule has 104 valence electrons. The third kappa shape index (κ3) is 2.94. The molecule has 2 nitrogen and oxygen atoms in total. The molecule has 2 unspecified atom stereocenters. The minimum atomic E-state index is 0.712. The van der Waals surface area contributed by atoms with E-state index in [0.29, 0.717) is 6.04 Å². The Bertz CT molecular complexity index is 429. The Balaban J connectivity index is 1.50. The van der Waals surface area contributed by atoms with Gasteiger partial charge < -0.3 is 10.1 Å². The molecule has 0 heterocycles. The quantitative estimate of drug-likeness (QED) is 0.875. The van der Waals surface area contributed by atoms with E-state index in [2.05, 4.69) is 30.6 Å². The minimum absolute atomic E-state index is 0.712. The van der Waals surface area contributed by atoms with Crippen LogP contribution in [0.5, 0.6) is 5.75 Å². The first-order valence-electron chi connectivity index (χ1n) is 7.78. The molecule has 0 bridgehead atoms. The van der Waals surface area contributed by atoms with Crippen molar-refractivity contribution in [1.29, 1.82) is 0 Å². The first-order chi connectivity index (χ1) is 9.36. The van der Waals surface area contributed by atoms with E-state index in [1.807, 2.05) is 0 Å². The lowest BCUT2D eigenvalue weighted by molar-refractivity contribution is 0.263. The molecule has 2 aliphatic rings. The van der Waals surface area contributed by atoms with Crippen LogP contribution in [0.2, 0.25) is 0 Å². The number of rotatable bonds is 5. The molecule has 0 aromatic heterocycles. The Morgan fingerprint density at radius 3 is 2.95 bits per heavy atom. The highest BCUT2D eigenvalue weighted by atomic mass is 16.5. The van der Waals surface area contributed by atoms with E-state index < -0.39 is 0 Å². The molecule has 1 N–H and O–H groups in total. The lowest BCUT2D eigenvalue weighted by atomic mass is 10.0. The molecule has 2 heteroatoms. The standard InChI is InChI=1S/C17H25NO/c1-18-17-7-3-5-14(17)10-11-19-16-9-8-13-4-2-6-15(13)12-16/h8-9,12,14,17-18H,2-7,10-11H2,1H3. The van der Waals surface area contributed by atoms with Crippen molar-refractivity contribution in [1.82, 2.24) is 5.32 Å². The minimum Gasteiger partial charge on any atom is -0.494 e. The average molecular weight is 259 g/mol. The summed E-state index contributed by atoms with van der Waals surface area (Å²) in [6.45, 7) is 0.863. The second kappa shape index (κ2) is 5.96. The van der Waals surface area contributed by atoms with Crippen molar-refractivity contribution in [2.75, 3.05) is 13.7 Å². The molecular weight excluding hydrogens is 234 g/mol. The third-order valence-corrected chi connectivity index (χ3v) is 4.86. The number of nitrogens with one attached hydrogen (secondary N) is 1. The topological polar surface area (TPSA) is 21.3 Å². The highest BCUT2D eigenvalue weighted by Gasteiger charge is 2.25. The lowest BCUT2D eigenvalue weighted by Gasteiger charge is -2.19. The molecule has 0 spiro atoms. The second-order valence-electron chi connectivity index (χ2n) is 6.01. The molecule has 0 amide bonds. The molecule has 1 aromatic rings. The van der Waals surface area contributed by atoms with Crippen LogP contribution in [0.3, 0.4) is 0 Å². The largest absolute Gasteiger partial charge is 0.494 e. The Morgan fingerprint density at radius 2 is 2.05 bits per heavy atom. The maximum Gasteiger partial charge on any atom is 0.119 e. The molecule has 1 fully saturated rings. The van der Waals surface area contributed by atoms with Crippen molar-refractivity contribution < 1.29 is 4.74 Å². The molecule has 0 saturated heterocycles. The summed E-state index contributed by atoms with van der Waals surface area (Å²) < 4.78 is 5.96. The summed E-state index contributed by atoms with van der Waals surface area (Å²) in [4.78, 5) is 0. The maximum absolute atomic E-state index is 5.96. The van der Waals surface area contributed by atoms with Crippen LogP contribution in [0.1, 0.15) is 43.2 Å². The molecule has 1 aromatic carbocycles. The molecule has 0 radical (unpaired) electrons. The van der Waals surface area contributed by atoms with Crippen LogP contribution in [-0.2, 0) is 12.8 Å². The van der Waals surface area contributed by atoms with Crippen LogP contribution in [0.4, 0.5) is 0 Å². The van der Waals surface area contributed by atoms with E-state index in [4.69, 9.17) is 4.74 Å². The summed E-state index contributed by atoms with van der Waals surface area (Å²) in [5.41, 5.74) is 3.03. The predicted molar refractivity (Wildman–Crippen MR) is 78.8 cm³/mol. The fraction of sp³-hybridized carbons (Fsp3) is 0.647. The van der Waals surface area contributed by atoms with Crippen LogP contribution < -0.4 is 10.1 Å². The highest BCUT2D eigenvalue weighted by Crippen LogP contribution is 2.29. The second-order valence-corrected chi connectivity index (χ2v) is 6.01. The number of benzene rings is 1. The predicted octanol–water partition coefficient (Wildman–Crippen LogP) is 3.33. The van der Waals surface area contributed by atoms with Crippen LogP contribution in [0.25, 0.3) is 0 Å². The van der Waals surface area contributed by atoms with Crippen LogP contribution in [0, 0.1) is 5.92 Å². The smallest absolute Gasteiger partial charge is 0.119 e. The van der Waals surface area contributed by atoms with Crippen molar-refractivity contribution in [3.63, 3.8) is 0 Å². The van der Waals surface area contributed by atoms with Crippen LogP contribution >= 0.6 is 0 Å². The molecular formula is C17H25NO. The molecule has 0 aliphatic heterocycles. The van der Waals surface area contributed by atoms with E-state index in [9.17, 15) is 0 Å². The lowest BCUT2D eigenvalue weighted by Crippen LogP contribution is -2.29.